The van der Waals surface area contributed by atoms with Crippen molar-refractivity contribution in [1.29, 1.82) is 0 Å². The number of nitrogens with two attached hydrogens (primary N) is 1. The summed E-state index contributed by atoms with van der Waals surface area (Å²) in [5.41, 5.74) is 5.59. The van der Waals surface area contributed by atoms with Crippen molar-refractivity contribution in [2.75, 3.05) is 6.54 Å². The van der Waals surface area contributed by atoms with Crippen molar-refractivity contribution in [2.45, 2.75) is 78.0 Å². The van der Waals surface area contributed by atoms with E-state index in [4.69, 9.17) is 5.73 Å². The van der Waals surface area contributed by atoms with Crippen LogP contribution >= 0.6 is 0 Å². The lowest BCUT2D eigenvalue weighted by Crippen LogP contribution is -2.57. The highest BCUT2D eigenvalue weighted by atomic mass is 16.2. The monoisotopic (exact) mass is 382 g/mol. The van der Waals surface area contributed by atoms with Crippen LogP contribution in [0.1, 0.15) is 53.9 Å². The Balaban J connectivity index is 2.89. The number of amides is 3. The van der Waals surface area contributed by atoms with Gasteiger partial charge in [0.1, 0.15) is 18.4 Å². The van der Waals surface area contributed by atoms with Crippen LogP contribution in [0.4, 0.5) is 0 Å². The molecule has 1 fully saturated rings. The fraction of sp³-hybridized carbons (Fsp3) is 0.789. The van der Waals surface area contributed by atoms with Gasteiger partial charge >= 0.3 is 0 Å². The fourth-order valence-electron chi connectivity index (χ4n) is 3.10. The Hall–Kier alpha value is -1.96. The average molecular weight is 383 g/mol. The highest BCUT2D eigenvalue weighted by Crippen LogP contribution is 2.21. The zero-order valence-electron chi connectivity index (χ0n) is 17.0. The molecular formula is C19H34N4O4. The summed E-state index contributed by atoms with van der Waals surface area (Å²) < 4.78 is 0. The number of likely N-dealkylation sites (tertiary alicyclic amines) is 1. The lowest BCUT2D eigenvalue weighted by Gasteiger charge is -2.31. The Morgan fingerprint density at radius 2 is 1.81 bits per heavy atom. The number of nitrogens with one attached hydrogen (secondary N) is 2. The summed E-state index contributed by atoms with van der Waals surface area (Å²) >= 11 is 0. The molecule has 0 bridgehead atoms. The minimum absolute atomic E-state index is 0.0192. The second-order valence-electron chi connectivity index (χ2n) is 7.76. The van der Waals surface area contributed by atoms with Crippen molar-refractivity contribution in [3.63, 3.8) is 0 Å². The zero-order chi connectivity index (χ0) is 20.7. The van der Waals surface area contributed by atoms with Gasteiger partial charge in [-0.1, -0.05) is 34.1 Å². The Kier molecular flexibility index (Phi) is 8.88. The molecule has 154 valence electrons. The third-order valence-electron chi connectivity index (χ3n) is 5.20. The van der Waals surface area contributed by atoms with Crippen molar-refractivity contribution in [3.05, 3.63) is 0 Å². The van der Waals surface area contributed by atoms with Gasteiger partial charge in [-0.2, -0.15) is 0 Å². The van der Waals surface area contributed by atoms with Crippen molar-refractivity contribution in [3.8, 4) is 0 Å². The van der Waals surface area contributed by atoms with E-state index in [-0.39, 0.29) is 23.7 Å². The Morgan fingerprint density at radius 3 is 2.30 bits per heavy atom. The quantitative estimate of drug-likeness (QED) is 0.492. The summed E-state index contributed by atoms with van der Waals surface area (Å²) in [5, 5.41) is 5.45. The lowest BCUT2D eigenvalue weighted by atomic mass is 9.99. The summed E-state index contributed by atoms with van der Waals surface area (Å²) in [6, 6.07) is -2.66. The van der Waals surface area contributed by atoms with E-state index in [2.05, 4.69) is 10.6 Å². The summed E-state index contributed by atoms with van der Waals surface area (Å²) in [5.74, 6) is -1.14. The molecule has 1 heterocycles. The van der Waals surface area contributed by atoms with Crippen LogP contribution in [0.2, 0.25) is 0 Å². The summed E-state index contributed by atoms with van der Waals surface area (Å²) in [4.78, 5) is 50.5. The van der Waals surface area contributed by atoms with Gasteiger partial charge < -0.3 is 26.1 Å². The van der Waals surface area contributed by atoms with E-state index in [0.29, 0.717) is 19.4 Å². The van der Waals surface area contributed by atoms with Gasteiger partial charge in [-0.15, -0.1) is 0 Å². The van der Waals surface area contributed by atoms with E-state index in [0.717, 1.165) is 12.7 Å². The number of carbonyl (C=O) groups is 4. The van der Waals surface area contributed by atoms with Crippen molar-refractivity contribution in [2.24, 2.45) is 17.6 Å². The molecule has 8 heteroatoms. The summed E-state index contributed by atoms with van der Waals surface area (Å²) in [6.45, 7) is 9.52. The van der Waals surface area contributed by atoms with E-state index >= 15 is 0 Å². The summed E-state index contributed by atoms with van der Waals surface area (Å²) in [7, 11) is 0. The van der Waals surface area contributed by atoms with E-state index < -0.39 is 30.1 Å². The molecule has 3 amide bonds. The first-order valence-corrected chi connectivity index (χ1v) is 9.76. The van der Waals surface area contributed by atoms with Gasteiger partial charge in [0.2, 0.25) is 17.7 Å². The molecule has 1 saturated heterocycles. The number of rotatable bonds is 9. The van der Waals surface area contributed by atoms with Crippen LogP contribution in [-0.4, -0.2) is 59.6 Å². The molecule has 8 nitrogen and oxygen atoms in total. The molecule has 1 rings (SSSR count). The molecule has 0 aromatic heterocycles. The molecule has 0 aromatic rings. The lowest BCUT2D eigenvalue weighted by molar-refractivity contribution is -0.143. The number of hydrogen-bond acceptors (Lipinski definition) is 5. The second-order valence-corrected chi connectivity index (χ2v) is 7.76. The maximum atomic E-state index is 13.0. The molecule has 1 aliphatic rings. The first-order chi connectivity index (χ1) is 12.6. The van der Waals surface area contributed by atoms with Gasteiger partial charge in [0, 0.05) is 6.54 Å². The van der Waals surface area contributed by atoms with E-state index in [1.54, 1.807) is 6.92 Å². The predicted molar refractivity (Wildman–Crippen MR) is 103 cm³/mol. The molecule has 0 aliphatic carbocycles. The Labute approximate surface area is 161 Å². The maximum absolute atomic E-state index is 13.0. The minimum Gasteiger partial charge on any atom is -0.345 e. The number of aldehydes is 1. The molecule has 0 unspecified atom stereocenters. The van der Waals surface area contributed by atoms with Gasteiger partial charge in [0.25, 0.3) is 0 Å². The molecule has 1 aliphatic heterocycles. The molecule has 27 heavy (non-hydrogen) atoms. The molecule has 5 atom stereocenters. The van der Waals surface area contributed by atoms with Gasteiger partial charge in [-0.25, -0.2) is 0 Å². The first-order valence-electron chi connectivity index (χ1n) is 9.76. The number of carbonyl (C=O) groups excluding carboxylic acids is 4. The van der Waals surface area contributed by atoms with Crippen LogP contribution in [0.5, 0.6) is 0 Å². The first kappa shape index (κ1) is 23.1. The maximum Gasteiger partial charge on any atom is 0.246 e. The van der Waals surface area contributed by atoms with E-state index in [1.165, 1.54) is 4.90 Å². The topological polar surface area (TPSA) is 122 Å². The van der Waals surface area contributed by atoms with Crippen LogP contribution in [0.3, 0.4) is 0 Å². The van der Waals surface area contributed by atoms with Gasteiger partial charge in [-0.3, -0.25) is 14.4 Å². The normalized spacial score (nSPS) is 21.3. The largest absolute Gasteiger partial charge is 0.345 e. The van der Waals surface area contributed by atoms with Gasteiger partial charge in [0.05, 0.1) is 12.1 Å². The van der Waals surface area contributed by atoms with Crippen molar-refractivity contribution >= 4 is 24.0 Å². The smallest absolute Gasteiger partial charge is 0.246 e. The van der Waals surface area contributed by atoms with Crippen LogP contribution in [0.25, 0.3) is 0 Å². The molecule has 0 radical (unpaired) electrons. The van der Waals surface area contributed by atoms with Crippen molar-refractivity contribution in [1.82, 2.24) is 15.5 Å². The summed E-state index contributed by atoms with van der Waals surface area (Å²) in [6.07, 6.45) is 2.74. The SMILES string of the molecule is CC[C@H](C)[C@@H](C=O)NC(=O)[C@@H]1CCCN1C(=O)[C@@H](NC(=O)[C@H](C)N)C(C)C. The molecule has 0 aromatic carbocycles. The van der Waals surface area contributed by atoms with E-state index in [9.17, 15) is 19.2 Å². The minimum atomic E-state index is -0.742. The van der Waals surface area contributed by atoms with Crippen LogP contribution in [0, 0.1) is 11.8 Å². The molecule has 0 spiro atoms. The van der Waals surface area contributed by atoms with Crippen molar-refractivity contribution < 1.29 is 19.2 Å². The predicted octanol–water partition coefficient (Wildman–Crippen LogP) is 0.195. The number of hydrogen-bond donors (Lipinski definition) is 3. The highest BCUT2D eigenvalue weighted by Gasteiger charge is 2.39. The zero-order valence-corrected chi connectivity index (χ0v) is 17.0. The molecular weight excluding hydrogens is 348 g/mol. The average Bonchev–Trinajstić information content (AvgIpc) is 3.11. The Bertz CT molecular complexity index is 550. The van der Waals surface area contributed by atoms with Crippen LogP contribution in [0.15, 0.2) is 0 Å². The van der Waals surface area contributed by atoms with Crippen LogP contribution < -0.4 is 16.4 Å². The van der Waals surface area contributed by atoms with Gasteiger partial charge in [-0.05, 0) is 31.6 Å². The fourth-order valence-corrected chi connectivity index (χ4v) is 3.10. The van der Waals surface area contributed by atoms with Crippen LogP contribution in [-0.2, 0) is 19.2 Å². The third-order valence-corrected chi connectivity index (χ3v) is 5.20. The molecule has 0 saturated carbocycles. The third kappa shape index (κ3) is 6.02. The highest BCUT2D eigenvalue weighted by molar-refractivity contribution is 5.94. The Morgan fingerprint density at radius 1 is 1.19 bits per heavy atom. The van der Waals surface area contributed by atoms with Gasteiger partial charge in [0.15, 0.2) is 0 Å². The molecule has 4 N–H and O–H groups in total. The number of nitrogens with zero attached hydrogens (tertiary/aromatic N) is 1. The standard InChI is InChI=1S/C19H34N4O4/c1-6-12(4)14(10-24)21-18(26)15-8-7-9-23(15)19(27)16(11(2)3)22-17(25)13(5)20/h10-16H,6-9,20H2,1-5H3,(H,21,26)(H,22,25)/t12-,13-,14+,15-,16-/m0/s1. The van der Waals surface area contributed by atoms with E-state index in [1.807, 2.05) is 27.7 Å². The second kappa shape index (κ2) is 10.4.